The minimum absolute atomic E-state index is 0.0925. The Morgan fingerprint density at radius 3 is 2.58 bits per heavy atom. The highest BCUT2D eigenvalue weighted by atomic mass is 32.2. The molecular weight excluding hydrogens is 170 g/mol. The van der Waals surface area contributed by atoms with Gasteiger partial charge >= 0.3 is 0 Å². The minimum Gasteiger partial charge on any atom is -0.393 e. The second-order valence-corrected chi connectivity index (χ2v) is 5.69. The first-order valence-electron chi connectivity index (χ1n) is 4.68. The van der Waals surface area contributed by atoms with Crippen molar-refractivity contribution < 1.29 is 5.11 Å². The smallest absolute Gasteiger partial charge is 0.0567 e. The van der Waals surface area contributed by atoms with E-state index in [1.807, 2.05) is 11.8 Å². The van der Waals surface area contributed by atoms with Crippen molar-refractivity contribution in [3.8, 4) is 0 Å². The van der Waals surface area contributed by atoms with Crippen LogP contribution in [0.1, 0.15) is 33.1 Å². The van der Waals surface area contributed by atoms with Crippen LogP contribution in [0.15, 0.2) is 0 Å². The fourth-order valence-electron chi connectivity index (χ4n) is 1.62. The Bertz CT molecular complexity index is 145. The van der Waals surface area contributed by atoms with Gasteiger partial charge in [-0.25, -0.2) is 0 Å². The van der Waals surface area contributed by atoms with E-state index in [4.69, 9.17) is 5.73 Å². The fraction of sp³-hybridized carbons (Fsp3) is 1.00. The number of aliphatic hydroxyl groups excluding tert-OH is 1. The molecule has 1 rings (SSSR count). The first-order valence-corrected chi connectivity index (χ1v) is 5.56. The predicted octanol–water partition coefficient (Wildman–Crippen LogP) is 1.37. The topological polar surface area (TPSA) is 46.2 Å². The maximum atomic E-state index is 9.23. The Morgan fingerprint density at radius 2 is 2.25 bits per heavy atom. The van der Waals surface area contributed by atoms with E-state index in [1.54, 1.807) is 0 Å². The van der Waals surface area contributed by atoms with E-state index in [2.05, 4.69) is 13.8 Å². The van der Waals surface area contributed by atoms with Gasteiger partial charge in [-0.1, -0.05) is 13.8 Å². The summed E-state index contributed by atoms with van der Waals surface area (Å²) in [6, 6.07) is 0. The van der Waals surface area contributed by atoms with Crippen LogP contribution >= 0.6 is 11.8 Å². The Labute approximate surface area is 78.9 Å². The molecule has 0 aliphatic heterocycles. The lowest BCUT2D eigenvalue weighted by Gasteiger charge is -2.45. The molecule has 0 aromatic heterocycles. The van der Waals surface area contributed by atoms with Crippen molar-refractivity contribution in [1.29, 1.82) is 0 Å². The molecule has 1 unspecified atom stereocenters. The number of nitrogens with two attached hydrogens (primary N) is 1. The molecule has 0 amide bonds. The van der Waals surface area contributed by atoms with Crippen molar-refractivity contribution in [2.75, 3.05) is 6.54 Å². The van der Waals surface area contributed by atoms with E-state index in [0.29, 0.717) is 11.8 Å². The second kappa shape index (κ2) is 3.99. The third-order valence-corrected chi connectivity index (χ3v) is 4.35. The molecule has 0 saturated heterocycles. The lowest BCUT2D eigenvalue weighted by molar-refractivity contribution is 0.0641. The lowest BCUT2D eigenvalue weighted by atomic mass is 9.81. The van der Waals surface area contributed by atoms with Crippen LogP contribution in [0.5, 0.6) is 0 Å². The predicted molar refractivity (Wildman–Crippen MR) is 54.4 cm³/mol. The highest BCUT2D eigenvalue weighted by Gasteiger charge is 2.43. The maximum Gasteiger partial charge on any atom is 0.0567 e. The monoisotopic (exact) mass is 189 g/mol. The minimum atomic E-state index is -0.0925. The summed E-state index contributed by atoms with van der Waals surface area (Å²) in [5.41, 5.74) is 5.70. The van der Waals surface area contributed by atoms with E-state index in [1.165, 1.54) is 6.42 Å². The van der Waals surface area contributed by atoms with Crippen molar-refractivity contribution in [3.63, 3.8) is 0 Å². The molecule has 0 radical (unpaired) electrons. The second-order valence-electron chi connectivity index (χ2n) is 3.79. The summed E-state index contributed by atoms with van der Waals surface area (Å²) in [5.74, 6) is 0. The number of aliphatic hydroxyl groups is 1. The van der Waals surface area contributed by atoms with E-state index >= 15 is 0 Å². The van der Waals surface area contributed by atoms with Gasteiger partial charge in [0.15, 0.2) is 0 Å². The maximum absolute atomic E-state index is 9.23. The van der Waals surface area contributed by atoms with E-state index in [0.717, 1.165) is 12.8 Å². The summed E-state index contributed by atoms with van der Waals surface area (Å²) in [6.07, 6.45) is 2.87. The van der Waals surface area contributed by atoms with Crippen molar-refractivity contribution in [2.45, 2.75) is 49.2 Å². The molecule has 3 N–H and O–H groups in total. The molecule has 72 valence electrons. The van der Waals surface area contributed by atoms with Gasteiger partial charge in [0.25, 0.3) is 0 Å². The molecule has 0 heterocycles. The Balaban J connectivity index is 2.36. The Kier molecular flexibility index (Phi) is 3.44. The van der Waals surface area contributed by atoms with E-state index in [-0.39, 0.29) is 10.9 Å². The molecule has 1 aliphatic rings. The molecule has 0 aromatic carbocycles. The highest BCUT2D eigenvalue weighted by Crippen LogP contribution is 2.45. The molecule has 0 bridgehead atoms. The summed E-state index contributed by atoms with van der Waals surface area (Å²) in [5, 5.41) is 9.90. The largest absolute Gasteiger partial charge is 0.393 e. The standard InChI is InChI=1S/C9H19NOS/c1-3-7(2)12-9(6-10)4-8(11)5-9/h7-8,11H,3-6,10H2,1-2H3. The number of thioether (sulfide) groups is 1. The zero-order valence-corrected chi connectivity index (χ0v) is 8.73. The summed E-state index contributed by atoms with van der Waals surface area (Å²) in [4.78, 5) is 0. The quantitative estimate of drug-likeness (QED) is 0.702. The van der Waals surface area contributed by atoms with Gasteiger partial charge in [0.05, 0.1) is 6.10 Å². The van der Waals surface area contributed by atoms with Crippen LogP contribution in [-0.4, -0.2) is 27.8 Å². The van der Waals surface area contributed by atoms with Gasteiger partial charge in [-0.3, -0.25) is 0 Å². The van der Waals surface area contributed by atoms with Crippen molar-refractivity contribution in [1.82, 2.24) is 0 Å². The van der Waals surface area contributed by atoms with Gasteiger partial charge in [-0.2, -0.15) is 11.8 Å². The van der Waals surface area contributed by atoms with Crippen molar-refractivity contribution in [2.24, 2.45) is 5.73 Å². The zero-order chi connectivity index (χ0) is 9.19. The Morgan fingerprint density at radius 1 is 1.67 bits per heavy atom. The van der Waals surface area contributed by atoms with Crippen LogP contribution in [-0.2, 0) is 0 Å². The van der Waals surface area contributed by atoms with Gasteiger partial charge < -0.3 is 10.8 Å². The average Bonchev–Trinajstić information content (AvgIpc) is 2.01. The molecule has 1 aliphatic carbocycles. The first-order chi connectivity index (χ1) is 5.62. The van der Waals surface area contributed by atoms with Crippen LogP contribution in [0.3, 0.4) is 0 Å². The highest BCUT2D eigenvalue weighted by molar-refractivity contribution is 8.01. The average molecular weight is 189 g/mol. The molecule has 2 nitrogen and oxygen atoms in total. The van der Waals surface area contributed by atoms with Gasteiger partial charge in [0.1, 0.15) is 0 Å². The molecular formula is C9H19NOS. The summed E-state index contributed by atoms with van der Waals surface area (Å²) in [7, 11) is 0. The van der Waals surface area contributed by atoms with Crippen LogP contribution < -0.4 is 5.73 Å². The SMILES string of the molecule is CCC(C)SC1(CN)CC(O)C1. The van der Waals surface area contributed by atoms with Crippen molar-refractivity contribution in [3.05, 3.63) is 0 Å². The molecule has 1 saturated carbocycles. The Hall–Kier alpha value is 0.270. The number of rotatable bonds is 4. The van der Waals surface area contributed by atoms with Crippen LogP contribution in [0, 0.1) is 0 Å². The van der Waals surface area contributed by atoms with E-state index in [9.17, 15) is 5.11 Å². The third-order valence-electron chi connectivity index (χ3n) is 2.61. The van der Waals surface area contributed by atoms with Crippen molar-refractivity contribution >= 4 is 11.8 Å². The van der Waals surface area contributed by atoms with E-state index < -0.39 is 0 Å². The van der Waals surface area contributed by atoms with Gasteiger partial charge in [-0.15, -0.1) is 0 Å². The van der Waals surface area contributed by atoms with Crippen LogP contribution in [0.2, 0.25) is 0 Å². The zero-order valence-electron chi connectivity index (χ0n) is 7.92. The summed E-state index contributed by atoms with van der Waals surface area (Å²) < 4.78 is 0.203. The van der Waals surface area contributed by atoms with Gasteiger partial charge in [-0.05, 0) is 19.3 Å². The molecule has 0 aromatic rings. The third kappa shape index (κ3) is 2.15. The molecule has 1 fully saturated rings. The number of hydrogen-bond acceptors (Lipinski definition) is 3. The van der Waals surface area contributed by atoms with Crippen LogP contribution in [0.4, 0.5) is 0 Å². The normalized spacial score (nSPS) is 37.5. The van der Waals surface area contributed by atoms with Gasteiger partial charge in [0.2, 0.25) is 0 Å². The lowest BCUT2D eigenvalue weighted by Crippen LogP contribution is -2.50. The summed E-state index contributed by atoms with van der Waals surface area (Å²) in [6.45, 7) is 5.13. The number of hydrogen-bond donors (Lipinski definition) is 2. The summed E-state index contributed by atoms with van der Waals surface area (Å²) >= 11 is 1.95. The molecule has 1 atom stereocenters. The molecule has 12 heavy (non-hydrogen) atoms. The molecule has 3 heteroatoms. The fourth-order valence-corrected chi connectivity index (χ4v) is 3.31. The van der Waals surface area contributed by atoms with Crippen LogP contribution in [0.25, 0.3) is 0 Å². The first kappa shape index (κ1) is 10.4. The van der Waals surface area contributed by atoms with Gasteiger partial charge in [0, 0.05) is 16.5 Å². The molecule has 0 spiro atoms.